The van der Waals surface area contributed by atoms with Gasteiger partial charge in [0.25, 0.3) is 0 Å². The van der Waals surface area contributed by atoms with Crippen molar-refractivity contribution in [3.05, 3.63) is 18.2 Å². The number of hydrogen-bond donors (Lipinski definition) is 0. The lowest BCUT2D eigenvalue weighted by atomic mass is 10.2. The summed E-state index contributed by atoms with van der Waals surface area (Å²) in [6.45, 7) is 7.54. The third kappa shape index (κ3) is 4.25. The highest BCUT2D eigenvalue weighted by Gasteiger charge is 2.22. The summed E-state index contributed by atoms with van der Waals surface area (Å²) in [7, 11) is 3.26. The van der Waals surface area contributed by atoms with E-state index in [-0.39, 0.29) is 12.2 Å². The molecule has 0 radical (unpaired) electrons. The molecule has 1 aromatic rings. The van der Waals surface area contributed by atoms with Crippen molar-refractivity contribution in [3.8, 4) is 17.2 Å². The molecule has 1 aliphatic rings. The van der Waals surface area contributed by atoms with Gasteiger partial charge in [0.05, 0.1) is 26.4 Å². The van der Waals surface area contributed by atoms with E-state index in [0.29, 0.717) is 23.9 Å². The van der Waals surface area contributed by atoms with E-state index in [2.05, 4.69) is 18.7 Å². The van der Waals surface area contributed by atoms with Crippen LogP contribution >= 0.6 is 0 Å². The number of methoxy groups -OCH3 is 2. The normalized spacial score (nSPS) is 22.9. The molecular weight excluding hydrogens is 270 g/mol. The molecule has 2 rings (SSSR count). The molecule has 118 valence electrons. The molecule has 1 aromatic carbocycles. The Morgan fingerprint density at radius 2 is 1.67 bits per heavy atom. The first-order valence-corrected chi connectivity index (χ1v) is 7.35. The Morgan fingerprint density at radius 3 is 2.19 bits per heavy atom. The highest BCUT2D eigenvalue weighted by molar-refractivity contribution is 5.51. The zero-order valence-electron chi connectivity index (χ0n) is 13.3. The van der Waals surface area contributed by atoms with Crippen LogP contribution in [0.4, 0.5) is 0 Å². The van der Waals surface area contributed by atoms with Crippen LogP contribution in [0, 0.1) is 0 Å². The number of para-hydroxylation sites is 1. The number of benzene rings is 1. The third-order valence-corrected chi connectivity index (χ3v) is 3.53. The average molecular weight is 295 g/mol. The second-order valence-electron chi connectivity index (χ2n) is 5.36. The second kappa shape index (κ2) is 7.52. The quantitative estimate of drug-likeness (QED) is 0.804. The predicted octanol–water partition coefficient (Wildman–Crippen LogP) is 2.19. The van der Waals surface area contributed by atoms with Crippen molar-refractivity contribution in [2.45, 2.75) is 26.1 Å². The van der Waals surface area contributed by atoms with Gasteiger partial charge in [-0.2, -0.15) is 0 Å². The van der Waals surface area contributed by atoms with Crippen LogP contribution in [0.15, 0.2) is 18.2 Å². The predicted molar refractivity (Wildman–Crippen MR) is 81.5 cm³/mol. The molecule has 0 aliphatic carbocycles. The second-order valence-corrected chi connectivity index (χ2v) is 5.36. The number of rotatable bonds is 6. The van der Waals surface area contributed by atoms with Crippen LogP contribution in [-0.2, 0) is 4.74 Å². The van der Waals surface area contributed by atoms with E-state index in [0.717, 1.165) is 19.6 Å². The molecule has 0 N–H and O–H groups in total. The van der Waals surface area contributed by atoms with Gasteiger partial charge in [-0.15, -0.1) is 0 Å². The first-order valence-electron chi connectivity index (χ1n) is 7.35. The lowest BCUT2D eigenvalue weighted by molar-refractivity contribution is -0.0700. The van der Waals surface area contributed by atoms with Crippen molar-refractivity contribution in [3.63, 3.8) is 0 Å². The number of ether oxygens (including phenoxy) is 4. The maximum atomic E-state index is 5.89. The first kappa shape index (κ1) is 15.9. The summed E-state index contributed by atoms with van der Waals surface area (Å²) in [5, 5.41) is 0. The monoisotopic (exact) mass is 295 g/mol. The van der Waals surface area contributed by atoms with E-state index in [1.807, 2.05) is 18.2 Å². The van der Waals surface area contributed by atoms with E-state index in [1.165, 1.54) is 0 Å². The summed E-state index contributed by atoms with van der Waals surface area (Å²) >= 11 is 0. The van der Waals surface area contributed by atoms with Gasteiger partial charge in [0.1, 0.15) is 6.61 Å². The molecule has 1 aliphatic heterocycles. The molecule has 1 fully saturated rings. The maximum absolute atomic E-state index is 5.89. The van der Waals surface area contributed by atoms with Gasteiger partial charge in [0, 0.05) is 19.6 Å². The standard InChI is InChI=1S/C16H25NO4/c1-12-10-17(11-13(2)21-12)8-9-20-16-14(18-3)6-5-7-15(16)19-4/h5-7,12-13H,8-11H2,1-4H3. The van der Waals surface area contributed by atoms with Crippen molar-refractivity contribution < 1.29 is 18.9 Å². The molecule has 1 heterocycles. The molecule has 2 unspecified atom stereocenters. The zero-order chi connectivity index (χ0) is 15.2. The van der Waals surface area contributed by atoms with Crippen molar-refractivity contribution in [1.29, 1.82) is 0 Å². The Hall–Kier alpha value is -1.46. The lowest BCUT2D eigenvalue weighted by Gasteiger charge is -2.35. The van der Waals surface area contributed by atoms with Crippen LogP contribution in [0.1, 0.15) is 13.8 Å². The molecule has 0 bridgehead atoms. The van der Waals surface area contributed by atoms with Gasteiger partial charge in [-0.1, -0.05) is 6.07 Å². The van der Waals surface area contributed by atoms with Gasteiger partial charge in [0.2, 0.25) is 5.75 Å². The molecule has 5 heteroatoms. The van der Waals surface area contributed by atoms with Gasteiger partial charge in [-0.25, -0.2) is 0 Å². The molecule has 0 saturated carbocycles. The summed E-state index contributed by atoms with van der Waals surface area (Å²) < 4.78 is 22.3. The van der Waals surface area contributed by atoms with Gasteiger partial charge in [-0.3, -0.25) is 4.90 Å². The van der Waals surface area contributed by atoms with Crippen LogP contribution in [0.3, 0.4) is 0 Å². The van der Waals surface area contributed by atoms with Crippen molar-refractivity contribution >= 4 is 0 Å². The summed E-state index contributed by atoms with van der Waals surface area (Å²) in [5.74, 6) is 2.05. The van der Waals surface area contributed by atoms with E-state index in [4.69, 9.17) is 18.9 Å². The SMILES string of the molecule is COc1cccc(OC)c1OCCN1CC(C)OC(C)C1. The first-order chi connectivity index (χ1) is 10.1. The molecule has 0 aromatic heterocycles. The molecule has 21 heavy (non-hydrogen) atoms. The molecule has 1 saturated heterocycles. The van der Waals surface area contributed by atoms with Crippen LogP contribution in [-0.4, -0.2) is 57.6 Å². The Bertz CT molecular complexity index is 420. The van der Waals surface area contributed by atoms with Crippen molar-refractivity contribution in [2.24, 2.45) is 0 Å². The van der Waals surface area contributed by atoms with Crippen LogP contribution in [0.25, 0.3) is 0 Å². The lowest BCUT2D eigenvalue weighted by Crippen LogP contribution is -2.46. The minimum absolute atomic E-state index is 0.273. The van der Waals surface area contributed by atoms with E-state index in [1.54, 1.807) is 14.2 Å². The smallest absolute Gasteiger partial charge is 0.203 e. The molecule has 5 nitrogen and oxygen atoms in total. The summed E-state index contributed by atoms with van der Waals surface area (Å²) in [4.78, 5) is 2.36. The van der Waals surface area contributed by atoms with Crippen LogP contribution < -0.4 is 14.2 Å². The summed E-state index contributed by atoms with van der Waals surface area (Å²) in [6, 6.07) is 5.63. The maximum Gasteiger partial charge on any atom is 0.203 e. The Labute approximate surface area is 126 Å². The largest absolute Gasteiger partial charge is 0.493 e. The van der Waals surface area contributed by atoms with Crippen molar-refractivity contribution in [2.75, 3.05) is 40.5 Å². The van der Waals surface area contributed by atoms with Gasteiger partial charge < -0.3 is 18.9 Å². The minimum atomic E-state index is 0.273. The fourth-order valence-corrected chi connectivity index (χ4v) is 2.70. The third-order valence-electron chi connectivity index (χ3n) is 3.53. The fourth-order valence-electron chi connectivity index (χ4n) is 2.70. The topological polar surface area (TPSA) is 40.2 Å². The molecule has 2 atom stereocenters. The van der Waals surface area contributed by atoms with E-state index in [9.17, 15) is 0 Å². The fraction of sp³-hybridized carbons (Fsp3) is 0.625. The highest BCUT2D eigenvalue weighted by atomic mass is 16.5. The van der Waals surface area contributed by atoms with Crippen LogP contribution in [0.5, 0.6) is 17.2 Å². The van der Waals surface area contributed by atoms with E-state index < -0.39 is 0 Å². The summed E-state index contributed by atoms with van der Waals surface area (Å²) in [5.41, 5.74) is 0. The Morgan fingerprint density at radius 1 is 1.10 bits per heavy atom. The van der Waals surface area contributed by atoms with Gasteiger partial charge >= 0.3 is 0 Å². The average Bonchev–Trinajstić information content (AvgIpc) is 2.46. The summed E-state index contributed by atoms with van der Waals surface area (Å²) in [6.07, 6.45) is 0.545. The van der Waals surface area contributed by atoms with E-state index >= 15 is 0 Å². The van der Waals surface area contributed by atoms with Gasteiger partial charge in [0.15, 0.2) is 11.5 Å². The van der Waals surface area contributed by atoms with Crippen molar-refractivity contribution in [1.82, 2.24) is 4.90 Å². The zero-order valence-corrected chi connectivity index (χ0v) is 13.3. The Kier molecular flexibility index (Phi) is 5.70. The minimum Gasteiger partial charge on any atom is -0.493 e. The van der Waals surface area contributed by atoms with Crippen LogP contribution in [0.2, 0.25) is 0 Å². The number of morpholine rings is 1. The molecule has 0 amide bonds. The number of hydrogen-bond acceptors (Lipinski definition) is 5. The molecule has 0 spiro atoms. The van der Waals surface area contributed by atoms with Gasteiger partial charge in [-0.05, 0) is 26.0 Å². The Balaban J connectivity index is 1.91. The molecular formula is C16H25NO4. The number of nitrogens with zero attached hydrogens (tertiary/aromatic N) is 1. The highest BCUT2D eigenvalue weighted by Crippen LogP contribution is 2.36.